The Morgan fingerprint density at radius 2 is 2.00 bits per heavy atom. The van der Waals surface area contributed by atoms with E-state index < -0.39 is 0 Å². The summed E-state index contributed by atoms with van der Waals surface area (Å²) in [5.74, 6) is 1.52. The molecule has 3 nitrogen and oxygen atoms in total. The second-order valence-corrected chi connectivity index (χ2v) is 7.45. The highest BCUT2D eigenvalue weighted by molar-refractivity contribution is 5.27. The van der Waals surface area contributed by atoms with Gasteiger partial charge >= 0.3 is 0 Å². The fourth-order valence-corrected chi connectivity index (χ4v) is 4.23. The molecule has 2 saturated carbocycles. The Balaban J connectivity index is 1.19. The van der Waals surface area contributed by atoms with Gasteiger partial charge in [0.1, 0.15) is 0 Å². The monoisotopic (exact) mass is 295 g/mol. The van der Waals surface area contributed by atoms with E-state index in [0.717, 1.165) is 24.8 Å². The third kappa shape index (κ3) is 2.55. The van der Waals surface area contributed by atoms with Gasteiger partial charge in [0.2, 0.25) is 0 Å². The predicted octanol–water partition coefficient (Wildman–Crippen LogP) is 2.90. The average Bonchev–Trinajstić information content (AvgIpc) is 3.23. The number of nitrogens with zero attached hydrogens (tertiary/aromatic N) is 2. The molecule has 0 spiro atoms. The maximum atomic E-state index is 9.03. The van der Waals surface area contributed by atoms with Crippen molar-refractivity contribution in [3.05, 3.63) is 35.9 Å². The number of nitriles is 1. The Bertz CT molecular complexity index is 552. The van der Waals surface area contributed by atoms with Gasteiger partial charge in [-0.2, -0.15) is 5.26 Å². The third-order valence-electron chi connectivity index (χ3n) is 6.01. The van der Waals surface area contributed by atoms with E-state index in [9.17, 15) is 0 Å². The lowest BCUT2D eigenvalue weighted by molar-refractivity contribution is -0.0586. The van der Waals surface area contributed by atoms with E-state index >= 15 is 0 Å². The first-order valence-electron chi connectivity index (χ1n) is 8.71. The highest BCUT2D eigenvalue weighted by atomic mass is 15.3. The molecule has 1 aromatic carbocycles. The summed E-state index contributed by atoms with van der Waals surface area (Å²) in [6.07, 6.45) is 5.80. The molecule has 2 atom stereocenters. The summed E-state index contributed by atoms with van der Waals surface area (Å²) in [5.41, 5.74) is 1.75. The maximum Gasteiger partial charge on any atom is 0.0641 e. The van der Waals surface area contributed by atoms with Crippen LogP contribution in [0.5, 0.6) is 0 Å². The first-order valence-corrected chi connectivity index (χ1v) is 8.71. The number of nitrogens with one attached hydrogen (secondary N) is 1. The van der Waals surface area contributed by atoms with E-state index in [0.29, 0.717) is 6.04 Å². The molecule has 3 aliphatic rings. The number of rotatable bonds is 6. The second-order valence-electron chi connectivity index (χ2n) is 7.45. The van der Waals surface area contributed by atoms with Crippen molar-refractivity contribution >= 4 is 0 Å². The van der Waals surface area contributed by atoms with E-state index in [1.165, 1.54) is 44.3 Å². The van der Waals surface area contributed by atoms with Crippen LogP contribution in [0.2, 0.25) is 0 Å². The fourth-order valence-electron chi connectivity index (χ4n) is 4.23. The second kappa shape index (κ2) is 5.68. The molecule has 1 N–H and O–H groups in total. The summed E-state index contributed by atoms with van der Waals surface area (Å²) in [5, 5.41) is 12.8. The molecule has 116 valence electrons. The summed E-state index contributed by atoms with van der Waals surface area (Å²) in [6, 6.07) is 14.0. The van der Waals surface area contributed by atoms with Crippen LogP contribution in [0.4, 0.5) is 0 Å². The van der Waals surface area contributed by atoms with Crippen LogP contribution in [0.3, 0.4) is 0 Å². The average molecular weight is 295 g/mol. The van der Waals surface area contributed by atoms with E-state index in [-0.39, 0.29) is 5.54 Å². The van der Waals surface area contributed by atoms with Crippen LogP contribution >= 0.6 is 0 Å². The molecule has 4 rings (SSSR count). The number of hydrogen-bond acceptors (Lipinski definition) is 3. The van der Waals surface area contributed by atoms with Crippen molar-refractivity contribution in [2.24, 2.45) is 5.92 Å². The largest absolute Gasteiger partial charge is 0.313 e. The zero-order valence-corrected chi connectivity index (χ0v) is 13.2. The first-order chi connectivity index (χ1) is 10.8. The van der Waals surface area contributed by atoms with E-state index in [1.807, 2.05) is 0 Å². The molecule has 3 heteroatoms. The van der Waals surface area contributed by atoms with Crippen LogP contribution in [0.15, 0.2) is 30.3 Å². The molecule has 0 aromatic heterocycles. The summed E-state index contributed by atoms with van der Waals surface area (Å²) in [7, 11) is 0. The van der Waals surface area contributed by atoms with Crippen molar-refractivity contribution < 1.29 is 0 Å². The summed E-state index contributed by atoms with van der Waals surface area (Å²) >= 11 is 0. The summed E-state index contributed by atoms with van der Waals surface area (Å²) in [6.45, 7) is 3.53. The lowest BCUT2D eigenvalue weighted by Crippen LogP contribution is -2.64. The van der Waals surface area contributed by atoms with Gasteiger partial charge in [-0.15, -0.1) is 0 Å². The number of benzene rings is 1. The molecule has 22 heavy (non-hydrogen) atoms. The Labute approximate surface area is 133 Å². The van der Waals surface area contributed by atoms with Crippen LogP contribution < -0.4 is 5.32 Å². The Kier molecular flexibility index (Phi) is 3.68. The van der Waals surface area contributed by atoms with Crippen LogP contribution in [-0.4, -0.2) is 36.1 Å². The smallest absolute Gasteiger partial charge is 0.0641 e. The standard InChI is InChI=1S/C19H25N3/c20-10-9-19(7-4-8-19)22-13-15(14-22)12-21-18-11-17(18)16-5-2-1-3-6-16/h1-3,5-6,15,17-18,21H,4,7-9,11-14H2/t17-,18+/m0/s1. The molecule has 0 bridgehead atoms. The molecule has 1 heterocycles. The zero-order chi connectivity index (χ0) is 15.0. The van der Waals surface area contributed by atoms with Crippen molar-refractivity contribution in [3.8, 4) is 6.07 Å². The molecule has 0 amide bonds. The van der Waals surface area contributed by atoms with Crippen molar-refractivity contribution in [1.29, 1.82) is 5.26 Å². The van der Waals surface area contributed by atoms with Gasteiger partial charge in [0.25, 0.3) is 0 Å². The molecule has 2 aliphatic carbocycles. The van der Waals surface area contributed by atoms with Crippen molar-refractivity contribution in [1.82, 2.24) is 10.2 Å². The van der Waals surface area contributed by atoms with Crippen molar-refractivity contribution in [2.45, 2.75) is 49.6 Å². The van der Waals surface area contributed by atoms with Gasteiger partial charge in [0.05, 0.1) is 12.5 Å². The van der Waals surface area contributed by atoms with Crippen molar-refractivity contribution in [2.75, 3.05) is 19.6 Å². The maximum absolute atomic E-state index is 9.03. The molecule has 1 aromatic rings. The quantitative estimate of drug-likeness (QED) is 0.877. The van der Waals surface area contributed by atoms with Gasteiger partial charge in [0, 0.05) is 37.1 Å². The molecule has 1 aliphatic heterocycles. The molecule has 3 fully saturated rings. The Morgan fingerprint density at radius 1 is 1.23 bits per heavy atom. The molecule has 0 unspecified atom stereocenters. The molecule has 0 radical (unpaired) electrons. The van der Waals surface area contributed by atoms with E-state index in [1.54, 1.807) is 0 Å². The summed E-state index contributed by atoms with van der Waals surface area (Å²) in [4.78, 5) is 2.58. The van der Waals surface area contributed by atoms with Gasteiger partial charge < -0.3 is 5.32 Å². The zero-order valence-electron chi connectivity index (χ0n) is 13.2. The van der Waals surface area contributed by atoms with E-state index in [2.05, 4.69) is 46.6 Å². The fraction of sp³-hybridized carbons (Fsp3) is 0.632. The number of hydrogen-bond donors (Lipinski definition) is 1. The van der Waals surface area contributed by atoms with Crippen LogP contribution in [0.1, 0.15) is 43.6 Å². The van der Waals surface area contributed by atoms with E-state index in [4.69, 9.17) is 5.26 Å². The first kappa shape index (κ1) is 14.2. The molecule has 1 saturated heterocycles. The third-order valence-corrected chi connectivity index (χ3v) is 6.01. The van der Waals surface area contributed by atoms with Crippen LogP contribution in [-0.2, 0) is 0 Å². The normalized spacial score (nSPS) is 30.1. The number of likely N-dealkylation sites (tertiary alicyclic amines) is 1. The Hall–Kier alpha value is -1.37. The minimum absolute atomic E-state index is 0.261. The Morgan fingerprint density at radius 3 is 2.64 bits per heavy atom. The van der Waals surface area contributed by atoms with Gasteiger partial charge in [-0.25, -0.2) is 0 Å². The predicted molar refractivity (Wildman–Crippen MR) is 87.5 cm³/mol. The lowest BCUT2D eigenvalue weighted by atomic mass is 9.71. The SMILES string of the molecule is N#CCC1(N2CC(CN[C@@H]3C[C@H]3c3ccccc3)C2)CCC1. The minimum atomic E-state index is 0.261. The van der Waals surface area contributed by atoms with Crippen molar-refractivity contribution in [3.63, 3.8) is 0 Å². The van der Waals surface area contributed by atoms with Crippen LogP contribution in [0, 0.1) is 17.2 Å². The summed E-state index contributed by atoms with van der Waals surface area (Å²) < 4.78 is 0. The molecular weight excluding hydrogens is 270 g/mol. The van der Waals surface area contributed by atoms with Gasteiger partial charge in [-0.1, -0.05) is 30.3 Å². The molecular formula is C19H25N3. The highest BCUT2D eigenvalue weighted by Crippen LogP contribution is 2.44. The minimum Gasteiger partial charge on any atom is -0.313 e. The van der Waals surface area contributed by atoms with Crippen LogP contribution in [0.25, 0.3) is 0 Å². The van der Waals surface area contributed by atoms with Gasteiger partial charge in [-0.3, -0.25) is 4.90 Å². The van der Waals surface area contributed by atoms with Gasteiger partial charge in [-0.05, 0) is 37.2 Å². The highest BCUT2D eigenvalue weighted by Gasteiger charge is 2.47. The lowest BCUT2D eigenvalue weighted by Gasteiger charge is -2.56. The van der Waals surface area contributed by atoms with Gasteiger partial charge in [0.15, 0.2) is 0 Å². The topological polar surface area (TPSA) is 39.1 Å².